The van der Waals surface area contributed by atoms with Crippen molar-refractivity contribution in [3.63, 3.8) is 0 Å². The monoisotopic (exact) mass is 450 g/mol. The minimum absolute atomic E-state index is 0.0919. The van der Waals surface area contributed by atoms with Crippen molar-refractivity contribution in [2.75, 3.05) is 16.8 Å². The first-order chi connectivity index (χ1) is 15.5. The fraction of sp³-hybridized carbons (Fsp3) is 0.120. The number of hydrogen-bond donors (Lipinski definition) is 1. The Morgan fingerprint density at radius 3 is 2.44 bits per heavy atom. The molecular formula is C25H20ClFN2O3. The fourth-order valence-electron chi connectivity index (χ4n) is 3.41. The van der Waals surface area contributed by atoms with E-state index in [1.165, 1.54) is 18.2 Å². The van der Waals surface area contributed by atoms with Gasteiger partial charge in [-0.3, -0.25) is 9.59 Å². The van der Waals surface area contributed by atoms with Crippen LogP contribution in [0.25, 0.3) is 5.57 Å². The van der Waals surface area contributed by atoms with Crippen LogP contribution in [-0.4, -0.2) is 18.4 Å². The zero-order valence-electron chi connectivity index (χ0n) is 17.3. The van der Waals surface area contributed by atoms with E-state index in [0.29, 0.717) is 28.6 Å². The van der Waals surface area contributed by atoms with Crippen LogP contribution in [0.2, 0.25) is 5.02 Å². The maximum absolute atomic E-state index is 13.8. The van der Waals surface area contributed by atoms with Gasteiger partial charge in [0.25, 0.3) is 11.8 Å². The number of amides is 2. The zero-order valence-corrected chi connectivity index (χ0v) is 18.0. The Morgan fingerprint density at radius 1 is 0.969 bits per heavy atom. The third kappa shape index (κ3) is 4.36. The number of anilines is 2. The van der Waals surface area contributed by atoms with Crippen LogP contribution in [0.1, 0.15) is 18.9 Å². The quantitative estimate of drug-likeness (QED) is 0.471. The van der Waals surface area contributed by atoms with Gasteiger partial charge < -0.3 is 10.1 Å². The molecule has 4 rings (SSSR count). The van der Waals surface area contributed by atoms with Gasteiger partial charge in [-0.05, 0) is 54.4 Å². The molecule has 1 N–H and O–H groups in total. The number of ether oxygens (including phenoxy) is 1. The van der Waals surface area contributed by atoms with Crippen molar-refractivity contribution >= 4 is 40.4 Å². The number of nitrogens with zero attached hydrogens (tertiary/aromatic N) is 1. The van der Waals surface area contributed by atoms with Crippen molar-refractivity contribution in [1.82, 2.24) is 0 Å². The minimum Gasteiger partial charge on any atom is -0.494 e. The summed E-state index contributed by atoms with van der Waals surface area (Å²) in [7, 11) is 0. The third-order valence-electron chi connectivity index (χ3n) is 4.86. The number of hydrogen-bond acceptors (Lipinski definition) is 4. The normalized spacial score (nSPS) is 13.7. The molecule has 1 aliphatic heterocycles. The van der Waals surface area contributed by atoms with Gasteiger partial charge in [0.15, 0.2) is 0 Å². The van der Waals surface area contributed by atoms with Crippen LogP contribution in [0.5, 0.6) is 5.75 Å². The summed E-state index contributed by atoms with van der Waals surface area (Å²) in [5, 5.41) is 3.58. The molecule has 0 aliphatic carbocycles. The second-order valence-electron chi connectivity index (χ2n) is 7.18. The van der Waals surface area contributed by atoms with Crippen LogP contribution in [0.15, 0.2) is 78.5 Å². The van der Waals surface area contributed by atoms with Crippen molar-refractivity contribution in [2.45, 2.75) is 13.3 Å². The summed E-state index contributed by atoms with van der Waals surface area (Å²) in [5.41, 5.74) is 1.53. The van der Waals surface area contributed by atoms with Gasteiger partial charge in [0, 0.05) is 16.8 Å². The number of rotatable bonds is 7. The molecule has 1 heterocycles. The topological polar surface area (TPSA) is 58.6 Å². The van der Waals surface area contributed by atoms with Gasteiger partial charge in [0.2, 0.25) is 0 Å². The van der Waals surface area contributed by atoms with E-state index in [0.717, 1.165) is 17.4 Å². The highest BCUT2D eigenvalue weighted by Gasteiger charge is 2.40. The number of benzene rings is 3. The van der Waals surface area contributed by atoms with E-state index in [-0.39, 0.29) is 17.0 Å². The largest absolute Gasteiger partial charge is 0.494 e. The smallest absolute Gasteiger partial charge is 0.282 e. The van der Waals surface area contributed by atoms with Gasteiger partial charge in [0.05, 0.1) is 17.9 Å². The zero-order chi connectivity index (χ0) is 22.7. The van der Waals surface area contributed by atoms with Crippen molar-refractivity contribution in [3.05, 3.63) is 94.9 Å². The van der Waals surface area contributed by atoms with Crippen molar-refractivity contribution in [2.24, 2.45) is 0 Å². The number of carbonyl (C=O) groups is 2. The lowest BCUT2D eigenvalue weighted by Gasteiger charge is -2.15. The predicted molar refractivity (Wildman–Crippen MR) is 123 cm³/mol. The molecule has 3 aromatic rings. The van der Waals surface area contributed by atoms with E-state index >= 15 is 0 Å². The first-order valence-electron chi connectivity index (χ1n) is 10.1. The summed E-state index contributed by atoms with van der Waals surface area (Å²) >= 11 is 6.00. The number of carbonyl (C=O) groups excluding carboxylic acids is 2. The van der Waals surface area contributed by atoms with Crippen LogP contribution in [0.3, 0.4) is 0 Å². The minimum atomic E-state index is -0.578. The molecule has 0 atom stereocenters. The Morgan fingerprint density at radius 2 is 1.72 bits per heavy atom. The first kappa shape index (κ1) is 21.6. The summed E-state index contributed by atoms with van der Waals surface area (Å²) in [6.45, 7) is 2.57. The van der Waals surface area contributed by atoms with Crippen molar-refractivity contribution in [1.29, 1.82) is 0 Å². The Labute approximate surface area is 190 Å². The lowest BCUT2D eigenvalue weighted by atomic mass is 10.0. The average Bonchev–Trinajstić information content (AvgIpc) is 3.02. The van der Waals surface area contributed by atoms with Gasteiger partial charge in [0.1, 0.15) is 17.3 Å². The van der Waals surface area contributed by atoms with E-state index in [4.69, 9.17) is 16.3 Å². The number of nitrogens with one attached hydrogen (secondary N) is 1. The summed E-state index contributed by atoms with van der Waals surface area (Å²) in [6.07, 6.45) is 0.860. The van der Waals surface area contributed by atoms with Crippen LogP contribution >= 0.6 is 11.6 Å². The first-order valence-corrected chi connectivity index (χ1v) is 10.5. The highest BCUT2D eigenvalue weighted by Crippen LogP contribution is 2.34. The molecule has 0 bridgehead atoms. The molecule has 162 valence electrons. The molecular weight excluding hydrogens is 431 g/mol. The molecule has 1 aliphatic rings. The molecule has 0 spiro atoms. The Hall–Kier alpha value is -3.64. The molecule has 0 fully saturated rings. The van der Waals surface area contributed by atoms with Crippen LogP contribution in [-0.2, 0) is 9.59 Å². The van der Waals surface area contributed by atoms with Crippen molar-refractivity contribution < 1.29 is 18.7 Å². The van der Waals surface area contributed by atoms with E-state index in [2.05, 4.69) is 5.32 Å². The van der Waals surface area contributed by atoms with E-state index < -0.39 is 17.6 Å². The van der Waals surface area contributed by atoms with Gasteiger partial charge in [-0.15, -0.1) is 0 Å². The summed E-state index contributed by atoms with van der Waals surface area (Å²) < 4.78 is 19.5. The highest BCUT2D eigenvalue weighted by molar-refractivity contribution is 6.46. The standard InChI is InChI=1S/C25H20ClFN2O3/c1-2-13-32-21-8-4-6-19(15-21)28-23-22(16-9-11-17(26)12-10-16)24(30)29(25(23)31)20-7-3-5-18(27)14-20/h3-12,14-15,28H,2,13H2,1H3. The van der Waals surface area contributed by atoms with Crippen LogP contribution in [0, 0.1) is 5.82 Å². The van der Waals surface area contributed by atoms with E-state index in [1.807, 2.05) is 13.0 Å². The molecule has 0 aromatic heterocycles. The molecule has 32 heavy (non-hydrogen) atoms. The Kier molecular flexibility index (Phi) is 6.23. The molecule has 0 saturated carbocycles. The third-order valence-corrected chi connectivity index (χ3v) is 5.11. The summed E-state index contributed by atoms with van der Waals surface area (Å²) in [6, 6.07) is 19.1. The van der Waals surface area contributed by atoms with Crippen LogP contribution < -0.4 is 15.0 Å². The predicted octanol–water partition coefficient (Wildman–Crippen LogP) is 5.66. The average molecular weight is 451 g/mol. The molecule has 0 unspecified atom stereocenters. The Bertz CT molecular complexity index is 1210. The lowest BCUT2D eigenvalue weighted by molar-refractivity contribution is -0.120. The fourth-order valence-corrected chi connectivity index (χ4v) is 3.53. The molecule has 5 nitrogen and oxygen atoms in total. The molecule has 0 radical (unpaired) electrons. The van der Waals surface area contributed by atoms with Crippen molar-refractivity contribution in [3.8, 4) is 5.75 Å². The molecule has 0 saturated heterocycles. The second-order valence-corrected chi connectivity index (χ2v) is 7.62. The van der Waals surface area contributed by atoms with Gasteiger partial charge in [-0.1, -0.05) is 42.8 Å². The second kappa shape index (κ2) is 9.24. The van der Waals surface area contributed by atoms with E-state index in [1.54, 1.807) is 42.5 Å². The Balaban J connectivity index is 1.76. The number of halogens is 2. The van der Waals surface area contributed by atoms with Crippen LogP contribution in [0.4, 0.5) is 15.8 Å². The maximum Gasteiger partial charge on any atom is 0.282 e. The van der Waals surface area contributed by atoms with E-state index in [9.17, 15) is 14.0 Å². The van der Waals surface area contributed by atoms with Gasteiger partial charge >= 0.3 is 0 Å². The molecule has 3 aromatic carbocycles. The lowest BCUT2D eigenvalue weighted by Crippen LogP contribution is -2.32. The SMILES string of the molecule is CCCOc1cccc(NC2=C(c3ccc(Cl)cc3)C(=O)N(c3cccc(F)c3)C2=O)c1. The highest BCUT2D eigenvalue weighted by atomic mass is 35.5. The molecule has 7 heteroatoms. The number of imide groups is 1. The molecule has 2 amide bonds. The van der Waals surface area contributed by atoms with Gasteiger partial charge in [-0.2, -0.15) is 0 Å². The summed E-state index contributed by atoms with van der Waals surface area (Å²) in [5.74, 6) is -1.03. The van der Waals surface area contributed by atoms with Gasteiger partial charge in [-0.25, -0.2) is 9.29 Å². The summed E-state index contributed by atoms with van der Waals surface area (Å²) in [4.78, 5) is 27.7. The maximum atomic E-state index is 13.8.